The second-order valence-corrected chi connectivity index (χ2v) is 4.45. The number of carboxylic acid groups (broad SMARTS) is 1. The van der Waals surface area contributed by atoms with Gasteiger partial charge in [0.25, 0.3) is 5.56 Å². The van der Waals surface area contributed by atoms with Crippen LogP contribution in [0.3, 0.4) is 0 Å². The Kier molecular flexibility index (Phi) is 2.84. The Balaban J connectivity index is 2.33. The highest BCUT2D eigenvalue weighted by Gasteiger charge is 2.13. The molecular formula is C16H11NO3. The van der Waals surface area contributed by atoms with Gasteiger partial charge < -0.3 is 10.1 Å². The van der Waals surface area contributed by atoms with E-state index in [0.717, 1.165) is 10.9 Å². The van der Waals surface area contributed by atoms with E-state index in [0.29, 0.717) is 11.1 Å². The van der Waals surface area contributed by atoms with Gasteiger partial charge >= 0.3 is 5.97 Å². The van der Waals surface area contributed by atoms with Crippen LogP contribution in [0.2, 0.25) is 0 Å². The van der Waals surface area contributed by atoms with Gasteiger partial charge in [-0.25, -0.2) is 4.79 Å². The predicted octanol–water partition coefficient (Wildman–Crippen LogP) is 2.89. The molecule has 0 fully saturated rings. The molecule has 3 aromatic rings. The molecule has 1 heterocycles. The largest absolute Gasteiger partial charge is 0.478 e. The molecule has 4 nitrogen and oxygen atoms in total. The number of aromatic nitrogens is 1. The molecule has 0 unspecified atom stereocenters. The van der Waals surface area contributed by atoms with Crippen LogP contribution < -0.4 is 5.56 Å². The summed E-state index contributed by atoms with van der Waals surface area (Å²) in [5, 5.41) is 10.1. The normalized spacial score (nSPS) is 10.6. The van der Waals surface area contributed by atoms with Crippen molar-refractivity contribution in [3.8, 4) is 11.1 Å². The summed E-state index contributed by atoms with van der Waals surface area (Å²) in [6.07, 6.45) is 0. The van der Waals surface area contributed by atoms with Gasteiger partial charge in [-0.2, -0.15) is 0 Å². The first-order valence-electron chi connectivity index (χ1n) is 6.11. The van der Waals surface area contributed by atoms with E-state index < -0.39 is 5.97 Å². The monoisotopic (exact) mass is 265 g/mol. The smallest absolute Gasteiger partial charge is 0.336 e. The molecule has 0 radical (unpaired) electrons. The van der Waals surface area contributed by atoms with E-state index in [1.165, 1.54) is 6.07 Å². The standard InChI is InChI=1S/C16H11NO3/c18-15-13(9-10-5-1-4-8-14(10)17-15)11-6-2-3-7-12(11)16(19)20/h1-9H,(H,17,18)(H,19,20). The van der Waals surface area contributed by atoms with Crippen molar-refractivity contribution in [2.24, 2.45) is 0 Å². The van der Waals surface area contributed by atoms with Gasteiger partial charge in [0, 0.05) is 16.6 Å². The second kappa shape index (κ2) is 4.66. The molecule has 1 aromatic heterocycles. The van der Waals surface area contributed by atoms with Crippen LogP contribution in [0.1, 0.15) is 10.4 Å². The maximum Gasteiger partial charge on any atom is 0.336 e. The van der Waals surface area contributed by atoms with Crippen molar-refractivity contribution >= 4 is 16.9 Å². The molecule has 98 valence electrons. The van der Waals surface area contributed by atoms with Crippen molar-refractivity contribution in [2.75, 3.05) is 0 Å². The molecule has 0 aliphatic rings. The first-order chi connectivity index (χ1) is 9.66. The van der Waals surface area contributed by atoms with Gasteiger partial charge in [0.2, 0.25) is 0 Å². The molecule has 20 heavy (non-hydrogen) atoms. The van der Waals surface area contributed by atoms with Crippen LogP contribution in [0.4, 0.5) is 0 Å². The van der Waals surface area contributed by atoms with Crippen LogP contribution in [-0.2, 0) is 0 Å². The van der Waals surface area contributed by atoms with Crippen LogP contribution in [0.5, 0.6) is 0 Å². The Labute approximate surface area is 114 Å². The average molecular weight is 265 g/mol. The summed E-state index contributed by atoms with van der Waals surface area (Å²) in [6, 6.07) is 15.6. The van der Waals surface area contributed by atoms with Crippen LogP contribution in [0.25, 0.3) is 22.0 Å². The third-order valence-corrected chi connectivity index (χ3v) is 3.20. The SMILES string of the molecule is O=C(O)c1ccccc1-c1cc2ccccc2[nH]c1=O. The van der Waals surface area contributed by atoms with Crippen molar-refractivity contribution in [1.82, 2.24) is 4.98 Å². The molecule has 0 amide bonds. The Morgan fingerprint density at radius 1 is 0.950 bits per heavy atom. The average Bonchev–Trinajstić information content (AvgIpc) is 2.46. The fraction of sp³-hybridized carbons (Fsp3) is 0. The quantitative estimate of drug-likeness (QED) is 0.748. The van der Waals surface area contributed by atoms with Gasteiger partial charge in [0.15, 0.2) is 0 Å². The molecule has 0 spiro atoms. The summed E-state index contributed by atoms with van der Waals surface area (Å²) < 4.78 is 0. The number of aromatic amines is 1. The zero-order chi connectivity index (χ0) is 14.1. The number of rotatable bonds is 2. The second-order valence-electron chi connectivity index (χ2n) is 4.45. The van der Waals surface area contributed by atoms with E-state index in [1.54, 1.807) is 24.3 Å². The Morgan fingerprint density at radius 2 is 1.65 bits per heavy atom. The predicted molar refractivity (Wildman–Crippen MR) is 77.0 cm³/mol. The number of H-pyrrole nitrogens is 1. The third-order valence-electron chi connectivity index (χ3n) is 3.20. The van der Waals surface area contributed by atoms with Crippen molar-refractivity contribution in [2.45, 2.75) is 0 Å². The summed E-state index contributed by atoms with van der Waals surface area (Å²) in [5.41, 5.74) is 1.34. The third kappa shape index (κ3) is 1.97. The number of hydrogen-bond acceptors (Lipinski definition) is 2. The number of para-hydroxylation sites is 1. The lowest BCUT2D eigenvalue weighted by Gasteiger charge is -2.06. The number of hydrogen-bond donors (Lipinski definition) is 2. The number of fused-ring (bicyclic) bond motifs is 1. The van der Waals surface area contributed by atoms with Crippen molar-refractivity contribution < 1.29 is 9.90 Å². The molecule has 0 atom stereocenters. The molecule has 0 aliphatic carbocycles. The zero-order valence-electron chi connectivity index (χ0n) is 10.5. The highest BCUT2D eigenvalue weighted by Crippen LogP contribution is 2.23. The maximum absolute atomic E-state index is 12.2. The topological polar surface area (TPSA) is 70.2 Å². The molecular weight excluding hydrogens is 254 g/mol. The summed E-state index contributed by atoms with van der Waals surface area (Å²) in [6.45, 7) is 0. The van der Waals surface area contributed by atoms with E-state index in [-0.39, 0.29) is 11.1 Å². The molecule has 3 rings (SSSR count). The van der Waals surface area contributed by atoms with Gasteiger partial charge in [-0.1, -0.05) is 36.4 Å². The maximum atomic E-state index is 12.2. The zero-order valence-corrected chi connectivity index (χ0v) is 10.5. The van der Waals surface area contributed by atoms with E-state index in [9.17, 15) is 14.7 Å². The van der Waals surface area contributed by atoms with Crippen LogP contribution in [0, 0.1) is 0 Å². The number of aromatic carboxylic acids is 1. The van der Waals surface area contributed by atoms with Crippen molar-refractivity contribution in [3.63, 3.8) is 0 Å². The molecule has 0 bridgehead atoms. The minimum Gasteiger partial charge on any atom is -0.478 e. The molecule has 0 aliphatic heterocycles. The fourth-order valence-electron chi connectivity index (χ4n) is 2.25. The number of carbonyl (C=O) groups is 1. The summed E-state index contributed by atoms with van der Waals surface area (Å²) >= 11 is 0. The number of carboxylic acids is 1. The molecule has 4 heteroatoms. The van der Waals surface area contributed by atoms with Gasteiger partial charge in [-0.05, 0) is 23.6 Å². The Hall–Kier alpha value is -2.88. The molecule has 0 saturated carbocycles. The van der Waals surface area contributed by atoms with E-state index in [2.05, 4.69) is 4.98 Å². The Bertz CT molecular complexity index is 865. The van der Waals surface area contributed by atoms with Gasteiger partial charge in [-0.3, -0.25) is 4.79 Å². The number of benzene rings is 2. The number of pyridine rings is 1. The first kappa shape index (κ1) is 12.2. The minimum absolute atomic E-state index is 0.119. The van der Waals surface area contributed by atoms with Crippen molar-refractivity contribution in [1.29, 1.82) is 0 Å². The van der Waals surface area contributed by atoms with Crippen LogP contribution in [0.15, 0.2) is 59.4 Å². The van der Waals surface area contributed by atoms with Crippen LogP contribution in [-0.4, -0.2) is 16.1 Å². The minimum atomic E-state index is -1.05. The van der Waals surface area contributed by atoms with E-state index in [1.807, 2.05) is 24.3 Å². The number of nitrogens with one attached hydrogen (secondary N) is 1. The van der Waals surface area contributed by atoms with Gasteiger partial charge in [0.1, 0.15) is 0 Å². The first-order valence-corrected chi connectivity index (χ1v) is 6.11. The summed E-state index contributed by atoms with van der Waals surface area (Å²) in [7, 11) is 0. The lowest BCUT2D eigenvalue weighted by molar-refractivity contribution is 0.0697. The van der Waals surface area contributed by atoms with Crippen molar-refractivity contribution in [3.05, 3.63) is 70.5 Å². The summed E-state index contributed by atoms with van der Waals surface area (Å²) in [4.78, 5) is 26.2. The van der Waals surface area contributed by atoms with E-state index >= 15 is 0 Å². The highest BCUT2D eigenvalue weighted by molar-refractivity contribution is 5.97. The molecule has 0 saturated heterocycles. The van der Waals surface area contributed by atoms with E-state index in [4.69, 9.17) is 0 Å². The molecule has 2 aromatic carbocycles. The lowest BCUT2D eigenvalue weighted by Crippen LogP contribution is -2.11. The Morgan fingerprint density at radius 3 is 2.45 bits per heavy atom. The molecule has 2 N–H and O–H groups in total. The summed E-state index contributed by atoms with van der Waals surface area (Å²) in [5.74, 6) is -1.05. The fourth-order valence-corrected chi connectivity index (χ4v) is 2.25. The lowest BCUT2D eigenvalue weighted by atomic mass is 9.99. The highest BCUT2D eigenvalue weighted by atomic mass is 16.4. The van der Waals surface area contributed by atoms with Gasteiger partial charge in [0.05, 0.1) is 5.56 Å². The van der Waals surface area contributed by atoms with Crippen LogP contribution >= 0.6 is 0 Å². The van der Waals surface area contributed by atoms with Gasteiger partial charge in [-0.15, -0.1) is 0 Å².